The van der Waals surface area contributed by atoms with E-state index in [1.807, 2.05) is 26.0 Å². The number of nitrogens with one attached hydrogen (secondary N) is 2. The van der Waals surface area contributed by atoms with E-state index in [0.717, 1.165) is 71.7 Å². The Morgan fingerprint density at radius 1 is 1.04 bits per heavy atom. The van der Waals surface area contributed by atoms with Gasteiger partial charge in [0.1, 0.15) is 23.7 Å². The summed E-state index contributed by atoms with van der Waals surface area (Å²) >= 11 is 6.55. The van der Waals surface area contributed by atoms with Crippen LogP contribution in [0.1, 0.15) is 77.0 Å². The molecule has 3 amide bonds. The molecule has 2 N–H and O–H groups in total. The number of nitrogens with zero attached hydrogens (tertiary/aromatic N) is 4. The lowest BCUT2D eigenvalue weighted by atomic mass is 9.81. The summed E-state index contributed by atoms with van der Waals surface area (Å²) in [5.41, 5.74) is 7.49. The minimum Gasteiger partial charge on any atom is -0.382 e. The van der Waals surface area contributed by atoms with Crippen molar-refractivity contribution in [3.63, 3.8) is 0 Å². The number of benzene rings is 3. The van der Waals surface area contributed by atoms with Gasteiger partial charge >= 0.3 is 0 Å². The number of anilines is 3. The van der Waals surface area contributed by atoms with E-state index >= 15 is 4.39 Å². The minimum atomic E-state index is -0.743. The van der Waals surface area contributed by atoms with Crippen molar-refractivity contribution in [3.8, 4) is 17.2 Å². The van der Waals surface area contributed by atoms with Gasteiger partial charge in [-0.25, -0.2) is 4.39 Å². The summed E-state index contributed by atoms with van der Waals surface area (Å²) in [6, 6.07) is 16.3. The Morgan fingerprint density at radius 2 is 1.81 bits per heavy atom. The van der Waals surface area contributed by atoms with Gasteiger partial charge in [0.2, 0.25) is 11.8 Å². The first-order valence-corrected chi connectivity index (χ1v) is 18.1. The van der Waals surface area contributed by atoms with Crippen LogP contribution >= 0.6 is 11.6 Å². The summed E-state index contributed by atoms with van der Waals surface area (Å²) in [4.78, 5) is 41.0. The molecule has 10 nitrogen and oxygen atoms in total. The van der Waals surface area contributed by atoms with E-state index in [4.69, 9.17) is 16.1 Å². The highest BCUT2D eigenvalue weighted by Gasteiger charge is 2.39. The lowest BCUT2D eigenvalue weighted by Gasteiger charge is -2.35. The zero-order chi connectivity index (χ0) is 36.7. The molecule has 1 atom stereocenters. The fourth-order valence-corrected chi connectivity index (χ4v) is 8.13. The standard InChI is InChI=1S/C40H40ClFN6O4/c1-22-4-9-27(38-23(2)46-52-24(38)3)15-36(22)47(30-11-10-28(18-43)32(41)16-30)20-26-7-5-25(6-8-26)19-44-34-17-31-29(14-33(34)42)21-48(40(31)51)35-12-13-37(49)45-39(35)50/h4,9-11,14-17,25-26,35,44H,5-8,12-13,19-21H2,1-3H3,(H,45,49,50)/t25-,26-,35?. The Morgan fingerprint density at radius 3 is 2.50 bits per heavy atom. The summed E-state index contributed by atoms with van der Waals surface area (Å²) in [6.45, 7) is 7.39. The van der Waals surface area contributed by atoms with Gasteiger partial charge in [0.15, 0.2) is 0 Å². The van der Waals surface area contributed by atoms with Gasteiger partial charge in [0, 0.05) is 48.6 Å². The van der Waals surface area contributed by atoms with E-state index in [9.17, 15) is 19.6 Å². The number of hydrogen-bond acceptors (Lipinski definition) is 8. The molecule has 1 aromatic heterocycles. The number of rotatable bonds is 9. The number of aryl methyl sites for hydroxylation is 3. The molecule has 1 saturated heterocycles. The van der Waals surface area contributed by atoms with Gasteiger partial charge in [-0.2, -0.15) is 5.26 Å². The molecule has 268 valence electrons. The second-order valence-electron chi connectivity index (χ2n) is 14.2. The molecular weight excluding hydrogens is 683 g/mol. The maximum absolute atomic E-state index is 15.3. The minimum absolute atomic E-state index is 0.136. The lowest BCUT2D eigenvalue weighted by Crippen LogP contribution is -2.52. The smallest absolute Gasteiger partial charge is 0.255 e. The van der Waals surface area contributed by atoms with Crippen LogP contribution in [0.25, 0.3) is 11.1 Å². The highest BCUT2D eigenvalue weighted by atomic mass is 35.5. The maximum Gasteiger partial charge on any atom is 0.255 e. The second kappa shape index (κ2) is 14.4. The molecule has 1 saturated carbocycles. The van der Waals surface area contributed by atoms with Crippen LogP contribution in [-0.4, -0.2) is 46.9 Å². The Labute approximate surface area is 306 Å². The van der Waals surface area contributed by atoms with Gasteiger partial charge in [-0.05, 0) is 118 Å². The topological polar surface area (TPSA) is 132 Å². The Balaban J connectivity index is 1.03. The van der Waals surface area contributed by atoms with Crippen LogP contribution in [0, 0.1) is 49.8 Å². The highest BCUT2D eigenvalue weighted by molar-refractivity contribution is 6.32. The van der Waals surface area contributed by atoms with Crippen molar-refractivity contribution in [2.75, 3.05) is 23.3 Å². The molecule has 0 spiro atoms. The van der Waals surface area contributed by atoms with Crippen molar-refractivity contribution in [3.05, 3.63) is 93.1 Å². The summed E-state index contributed by atoms with van der Waals surface area (Å²) < 4.78 is 20.7. The van der Waals surface area contributed by atoms with Crippen molar-refractivity contribution in [2.45, 2.75) is 71.9 Å². The number of piperidine rings is 1. The van der Waals surface area contributed by atoms with Crippen LogP contribution in [0.2, 0.25) is 5.02 Å². The SMILES string of the molecule is Cc1ccc(-c2c(C)noc2C)cc1N(C[C@H]1CC[C@H](CNc2cc3c(cc2F)CN(C2CCC(=O)NC2=O)C3=O)CC1)c1ccc(C#N)c(Cl)c1. The number of hydrogen-bond donors (Lipinski definition) is 2. The number of carbonyl (C=O) groups excluding carboxylic acids is 3. The molecule has 3 heterocycles. The van der Waals surface area contributed by atoms with Crippen LogP contribution < -0.4 is 15.5 Å². The third kappa shape index (κ3) is 6.87. The summed E-state index contributed by atoms with van der Waals surface area (Å²) in [7, 11) is 0. The monoisotopic (exact) mass is 722 g/mol. The quantitative estimate of drug-likeness (QED) is 0.168. The fourth-order valence-electron chi connectivity index (χ4n) is 7.91. The van der Waals surface area contributed by atoms with Crippen LogP contribution in [-0.2, 0) is 16.1 Å². The zero-order valence-corrected chi connectivity index (χ0v) is 30.1. The molecule has 1 unspecified atom stereocenters. The molecule has 3 aromatic carbocycles. The van der Waals surface area contributed by atoms with Crippen LogP contribution in [0.5, 0.6) is 0 Å². The number of nitriles is 1. The number of fused-ring (bicyclic) bond motifs is 1. The third-order valence-corrected chi connectivity index (χ3v) is 11.1. The van der Waals surface area contributed by atoms with Crippen LogP contribution in [0.15, 0.2) is 53.1 Å². The molecular formula is C40H40ClFN6O4. The first kappa shape index (κ1) is 35.2. The predicted octanol–water partition coefficient (Wildman–Crippen LogP) is 7.75. The van der Waals surface area contributed by atoms with E-state index < -0.39 is 17.8 Å². The first-order valence-electron chi connectivity index (χ1n) is 17.7. The zero-order valence-electron chi connectivity index (χ0n) is 29.4. The first-order chi connectivity index (χ1) is 25.0. The van der Waals surface area contributed by atoms with E-state index in [2.05, 4.69) is 51.9 Å². The molecule has 2 aliphatic heterocycles. The van der Waals surface area contributed by atoms with Crippen molar-refractivity contribution in [1.82, 2.24) is 15.4 Å². The molecule has 1 aliphatic carbocycles. The maximum atomic E-state index is 15.3. The summed E-state index contributed by atoms with van der Waals surface area (Å²) in [5, 5.41) is 19.7. The average Bonchev–Trinajstić information content (AvgIpc) is 3.63. The number of halogens is 2. The predicted molar refractivity (Wildman–Crippen MR) is 196 cm³/mol. The fraction of sp³-hybridized carbons (Fsp3) is 0.375. The van der Waals surface area contributed by atoms with Crippen molar-refractivity contribution >= 4 is 46.4 Å². The molecule has 7 rings (SSSR count). The number of aromatic nitrogens is 1. The average molecular weight is 723 g/mol. The molecule has 4 aromatic rings. The Kier molecular flexibility index (Phi) is 9.77. The van der Waals surface area contributed by atoms with Crippen LogP contribution in [0.3, 0.4) is 0 Å². The number of carbonyl (C=O) groups is 3. The van der Waals surface area contributed by atoms with Gasteiger partial charge in [0.05, 0.1) is 22.0 Å². The summed E-state index contributed by atoms with van der Waals surface area (Å²) in [5.74, 6) is -0.142. The largest absolute Gasteiger partial charge is 0.382 e. The van der Waals surface area contributed by atoms with Crippen molar-refractivity contribution in [2.24, 2.45) is 11.8 Å². The molecule has 2 fully saturated rings. The van der Waals surface area contributed by atoms with Gasteiger partial charge in [0.25, 0.3) is 5.91 Å². The van der Waals surface area contributed by atoms with E-state index in [0.29, 0.717) is 40.1 Å². The van der Waals surface area contributed by atoms with E-state index in [-0.39, 0.29) is 36.9 Å². The van der Waals surface area contributed by atoms with E-state index in [1.54, 1.807) is 12.1 Å². The lowest BCUT2D eigenvalue weighted by molar-refractivity contribution is -0.136. The highest BCUT2D eigenvalue weighted by Crippen LogP contribution is 2.39. The Bertz CT molecular complexity index is 2100. The molecule has 3 aliphatic rings. The second-order valence-corrected chi connectivity index (χ2v) is 14.7. The number of imide groups is 1. The van der Waals surface area contributed by atoms with Crippen molar-refractivity contribution < 1.29 is 23.3 Å². The third-order valence-electron chi connectivity index (χ3n) is 10.8. The Hall–Kier alpha value is -5.21. The van der Waals surface area contributed by atoms with Gasteiger partial charge in [-0.1, -0.05) is 28.9 Å². The molecule has 0 bridgehead atoms. The molecule has 12 heteroatoms. The summed E-state index contributed by atoms with van der Waals surface area (Å²) in [6.07, 6.45) is 4.27. The number of amides is 3. The van der Waals surface area contributed by atoms with Gasteiger partial charge < -0.3 is 19.6 Å². The molecule has 0 radical (unpaired) electrons. The van der Waals surface area contributed by atoms with Crippen molar-refractivity contribution in [1.29, 1.82) is 5.26 Å². The van der Waals surface area contributed by atoms with E-state index in [1.165, 1.54) is 11.0 Å². The van der Waals surface area contributed by atoms with Crippen LogP contribution in [0.4, 0.5) is 21.5 Å². The molecule has 52 heavy (non-hydrogen) atoms. The van der Waals surface area contributed by atoms with Gasteiger partial charge in [-0.3, -0.25) is 19.7 Å². The normalized spacial score (nSPS) is 20.0. The van der Waals surface area contributed by atoms with Gasteiger partial charge in [-0.15, -0.1) is 0 Å².